The number of para-hydroxylation sites is 1. The molecule has 0 saturated carbocycles. The van der Waals surface area contributed by atoms with Crippen LogP contribution in [0.1, 0.15) is 31.0 Å². The highest BCUT2D eigenvalue weighted by Crippen LogP contribution is 2.33. The van der Waals surface area contributed by atoms with Crippen LogP contribution in [-0.4, -0.2) is 7.05 Å². The van der Waals surface area contributed by atoms with Crippen LogP contribution in [0.2, 0.25) is 5.02 Å². The molecular formula is C17H19ClFNO. The maximum absolute atomic E-state index is 14.1. The molecule has 0 bridgehead atoms. The molecule has 1 unspecified atom stereocenters. The molecule has 0 aliphatic carbocycles. The van der Waals surface area contributed by atoms with E-state index in [9.17, 15) is 4.39 Å². The number of benzene rings is 2. The summed E-state index contributed by atoms with van der Waals surface area (Å²) in [6, 6.07) is 10.3. The Bertz CT molecular complexity index is 630. The van der Waals surface area contributed by atoms with Gasteiger partial charge < -0.3 is 10.1 Å². The lowest BCUT2D eigenvalue weighted by Crippen LogP contribution is -2.13. The van der Waals surface area contributed by atoms with Crippen molar-refractivity contribution in [2.24, 2.45) is 0 Å². The van der Waals surface area contributed by atoms with E-state index < -0.39 is 0 Å². The number of rotatable bonds is 5. The minimum atomic E-state index is -0.373. The predicted octanol–water partition coefficient (Wildman–Crippen LogP) is 5.11. The SMILES string of the molecule is CCc1cc(Oc2c(F)cccc2C(C)NC)ccc1Cl. The van der Waals surface area contributed by atoms with Crippen LogP contribution >= 0.6 is 11.6 Å². The third-order valence-corrected chi connectivity index (χ3v) is 3.88. The van der Waals surface area contributed by atoms with E-state index in [0.717, 1.165) is 17.5 Å². The summed E-state index contributed by atoms with van der Waals surface area (Å²) in [5.74, 6) is 0.470. The third-order valence-electron chi connectivity index (χ3n) is 3.51. The van der Waals surface area contributed by atoms with Crippen molar-refractivity contribution in [3.8, 4) is 11.5 Å². The molecule has 112 valence electrons. The molecule has 0 radical (unpaired) electrons. The van der Waals surface area contributed by atoms with Crippen LogP contribution in [0, 0.1) is 5.82 Å². The van der Waals surface area contributed by atoms with E-state index in [1.165, 1.54) is 6.07 Å². The molecule has 2 aromatic carbocycles. The lowest BCUT2D eigenvalue weighted by Gasteiger charge is -2.17. The van der Waals surface area contributed by atoms with Crippen molar-refractivity contribution < 1.29 is 9.13 Å². The van der Waals surface area contributed by atoms with Crippen LogP contribution in [0.15, 0.2) is 36.4 Å². The zero-order chi connectivity index (χ0) is 15.4. The fourth-order valence-electron chi connectivity index (χ4n) is 2.13. The lowest BCUT2D eigenvalue weighted by atomic mass is 10.1. The standard InChI is InChI=1S/C17H19ClFNO/c1-4-12-10-13(8-9-15(12)18)21-17-14(11(2)20-3)6-5-7-16(17)19/h5-11,20H,4H2,1-3H3. The predicted molar refractivity (Wildman–Crippen MR) is 84.8 cm³/mol. The Labute approximate surface area is 129 Å². The minimum Gasteiger partial charge on any atom is -0.454 e. The Morgan fingerprint density at radius 2 is 2.05 bits per heavy atom. The van der Waals surface area contributed by atoms with E-state index >= 15 is 0 Å². The molecule has 1 N–H and O–H groups in total. The third kappa shape index (κ3) is 3.55. The Kier molecular flexibility index (Phi) is 5.21. The van der Waals surface area contributed by atoms with Gasteiger partial charge in [-0.25, -0.2) is 4.39 Å². The molecule has 2 aromatic rings. The van der Waals surface area contributed by atoms with Gasteiger partial charge in [0.1, 0.15) is 5.75 Å². The van der Waals surface area contributed by atoms with E-state index in [-0.39, 0.29) is 17.6 Å². The van der Waals surface area contributed by atoms with Gasteiger partial charge in [-0.15, -0.1) is 0 Å². The molecule has 21 heavy (non-hydrogen) atoms. The van der Waals surface area contributed by atoms with Gasteiger partial charge >= 0.3 is 0 Å². The van der Waals surface area contributed by atoms with Gasteiger partial charge in [0, 0.05) is 16.6 Å². The Hall–Kier alpha value is -1.58. The topological polar surface area (TPSA) is 21.3 Å². The number of nitrogens with one attached hydrogen (secondary N) is 1. The van der Waals surface area contributed by atoms with E-state index in [0.29, 0.717) is 10.8 Å². The Morgan fingerprint density at radius 1 is 1.29 bits per heavy atom. The lowest BCUT2D eigenvalue weighted by molar-refractivity contribution is 0.428. The van der Waals surface area contributed by atoms with Crippen LogP contribution in [0.4, 0.5) is 4.39 Å². The summed E-state index contributed by atoms with van der Waals surface area (Å²) >= 11 is 6.10. The van der Waals surface area contributed by atoms with E-state index in [1.54, 1.807) is 18.2 Å². The van der Waals surface area contributed by atoms with Gasteiger partial charge in [0.15, 0.2) is 11.6 Å². The van der Waals surface area contributed by atoms with Crippen molar-refractivity contribution in [1.29, 1.82) is 0 Å². The van der Waals surface area contributed by atoms with Gasteiger partial charge in [-0.2, -0.15) is 0 Å². The first-order chi connectivity index (χ1) is 10.1. The average Bonchev–Trinajstić information content (AvgIpc) is 2.50. The van der Waals surface area contributed by atoms with E-state index in [1.807, 2.05) is 33.0 Å². The van der Waals surface area contributed by atoms with Crippen LogP contribution in [0.3, 0.4) is 0 Å². The number of hydrogen-bond donors (Lipinski definition) is 1. The fourth-order valence-corrected chi connectivity index (χ4v) is 2.38. The number of ether oxygens (including phenoxy) is 1. The maximum Gasteiger partial charge on any atom is 0.167 e. The second kappa shape index (κ2) is 6.92. The highest BCUT2D eigenvalue weighted by atomic mass is 35.5. The van der Waals surface area contributed by atoms with Gasteiger partial charge in [0.25, 0.3) is 0 Å². The first kappa shape index (κ1) is 15.8. The van der Waals surface area contributed by atoms with Crippen molar-refractivity contribution in [3.05, 3.63) is 58.4 Å². The second-order valence-corrected chi connectivity index (χ2v) is 5.28. The van der Waals surface area contributed by atoms with Crippen molar-refractivity contribution in [2.75, 3.05) is 7.05 Å². The molecule has 4 heteroatoms. The fraction of sp³-hybridized carbons (Fsp3) is 0.294. The van der Waals surface area contributed by atoms with Crippen molar-refractivity contribution in [2.45, 2.75) is 26.3 Å². The quantitative estimate of drug-likeness (QED) is 0.828. The van der Waals surface area contributed by atoms with Crippen LogP contribution in [0.5, 0.6) is 11.5 Å². The highest BCUT2D eigenvalue weighted by Gasteiger charge is 2.15. The molecule has 0 heterocycles. The molecule has 0 aliphatic rings. The van der Waals surface area contributed by atoms with Crippen molar-refractivity contribution >= 4 is 11.6 Å². The van der Waals surface area contributed by atoms with Crippen molar-refractivity contribution in [3.63, 3.8) is 0 Å². The normalized spacial score (nSPS) is 12.2. The molecule has 1 atom stereocenters. The molecule has 0 amide bonds. The van der Waals surface area contributed by atoms with Gasteiger partial charge in [0.2, 0.25) is 0 Å². The molecular weight excluding hydrogens is 289 g/mol. The highest BCUT2D eigenvalue weighted by molar-refractivity contribution is 6.31. The largest absolute Gasteiger partial charge is 0.454 e. The van der Waals surface area contributed by atoms with Gasteiger partial charge in [-0.1, -0.05) is 30.7 Å². The summed E-state index contributed by atoms with van der Waals surface area (Å²) in [5, 5.41) is 3.79. The minimum absolute atomic E-state index is 0.00588. The van der Waals surface area contributed by atoms with Crippen LogP contribution < -0.4 is 10.1 Å². The maximum atomic E-state index is 14.1. The van der Waals surface area contributed by atoms with Gasteiger partial charge in [0.05, 0.1) is 0 Å². The monoisotopic (exact) mass is 307 g/mol. The summed E-state index contributed by atoms with van der Waals surface area (Å²) < 4.78 is 19.9. The number of halogens is 2. The van der Waals surface area contributed by atoms with Crippen LogP contribution in [0.25, 0.3) is 0 Å². The zero-order valence-electron chi connectivity index (χ0n) is 12.4. The van der Waals surface area contributed by atoms with Crippen LogP contribution in [-0.2, 0) is 6.42 Å². The zero-order valence-corrected chi connectivity index (χ0v) is 13.2. The first-order valence-corrected chi connectivity index (χ1v) is 7.36. The second-order valence-electron chi connectivity index (χ2n) is 4.88. The summed E-state index contributed by atoms with van der Waals surface area (Å²) in [6.45, 7) is 3.98. The molecule has 0 spiro atoms. The summed E-state index contributed by atoms with van der Waals surface area (Å²) in [5.41, 5.74) is 1.76. The smallest absolute Gasteiger partial charge is 0.167 e. The van der Waals surface area contributed by atoms with Gasteiger partial charge in [-0.3, -0.25) is 0 Å². The first-order valence-electron chi connectivity index (χ1n) is 6.98. The number of hydrogen-bond acceptors (Lipinski definition) is 2. The Morgan fingerprint density at radius 3 is 2.71 bits per heavy atom. The summed E-state index contributed by atoms with van der Waals surface area (Å²) in [6.07, 6.45) is 0.799. The van der Waals surface area contributed by atoms with Gasteiger partial charge in [-0.05, 0) is 50.2 Å². The average molecular weight is 308 g/mol. The van der Waals surface area contributed by atoms with Crippen molar-refractivity contribution in [1.82, 2.24) is 5.32 Å². The van der Waals surface area contributed by atoms with E-state index in [4.69, 9.17) is 16.3 Å². The Balaban J connectivity index is 2.39. The molecule has 0 saturated heterocycles. The summed E-state index contributed by atoms with van der Waals surface area (Å²) in [4.78, 5) is 0. The molecule has 0 aliphatic heterocycles. The molecule has 2 rings (SSSR count). The molecule has 0 fully saturated rings. The molecule has 2 nitrogen and oxygen atoms in total. The molecule has 0 aromatic heterocycles. The number of aryl methyl sites for hydroxylation is 1. The summed E-state index contributed by atoms with van der Waals surface area (Å²) in [7, 11) is 1.83. The van der Waals surface area contributed by atoms with E-state index in [2.05, 4.69) is 5.32 Å².